The first-order valence-corrected chi connectivity index (χ1v) is 7.76. The number of nitrogens with zero attached hydrogens (tertiary/aromatic N) is 3. The topological polar surface area (TPSA) is 19.4 Å². The normalized spacial score (nSPS) is 20.2. The van der Waals surface area contributed by atoms with Crippen molar-refractivity contribution in [3.63, 3.8) is 0 Å². The smallest absolute Gasteiger partial charge is 0.129 e. The predicted octanol–water partition coefficient (Wildman–Crippen LogP) is 2.97. The molecule has 2 aliphatic rings. The number of benzene rings is 1. The maximum atomic E-state index is 13.7. The van der Waals surface area contributed by atoms with Crippen molar-refractivity contribution < 1.29 is 4.39 Å². The van der Waals surface area contributed by atoms with E-state index in [9.17, 15) is 4.39 Å². The molecule has 1 aliphatic heterocycles. The van der Waals surface area contributed by atoms with Gasteiger partial charge in [-0.05, 0) is 43.5 Å². The highest BCUT2D eigenvalue weighted by atomic mass is 19.1. The number of piperazine rings is 1. The Morgan fingerprint density at radius 2 is 1.86 bits per heavy atom. The molecule has 1 saturated heterocycles. The summed E-state index contributed by atoms with van der Waals surface area (Å²) in [6, 6.07) is 8.37. The molecule has 0 radical (unpaired) electrons. The van der Waals surface area contributed by atoms with Gasteiger partial charge in [0.05, 0.1) is 5.52 Å². The van der Waals surface area contributed by atoms with Crippen LogP contribution in [-0.4, -0.2) is 42.1 Å². The Hall–Kier alpha value is -1.68. The number of pyridine rings is 1. The van der Waals surface area contributed by atoms with Gasteiger partial charge in [0, 0.05) is 43.7 Å². The second-order valence-corrected chi connectivity index (χ2v) is 6.22. The van der Waals surface area contributed by atoms with Gasteiger partial charge in [-0.1, -0.05) is 0 Å². The first-order valence-electron chi connectivity index (χ1n) is 7.76. The summed E-state index contributed by atoms with van der Waals surface area (Å²) >= 11 is 0. The van der Waals surface area contributed by atoms with Crippen LogP contribution in [0.3, 0.4) is 0 Å². The van der Waals surface area contributed by atoms with E-state index in [0.29, 0.717) is 5.56 Å². The predicted molar refractivity (Wildman–Crippen MR) is 83.2 cm³/mol. The van der Waals surface area contributed by atoms with Crippen LogP contribution in [0.4, 0.5) is 10.2 Å². The molecule has 0 amide bonds. The third-order valence-corrected chi connectivity index (χ3v) is 4.66. The highest BCUT2D eigenvalue weighted by Crippen LogP contribution is 2.28. The van der Waals surface area contributed by atoms with Crippen molar-refractivity contribution in [3.05, 3.63) is 35.6 Å². The highest BCUT2D eigenvalue weighted by molar-refractivity contribution is 5.81. The van der Waals surface area contributed by atoms with Gasteiger partial charge >= 0.3 is 0 Å². The summed E-state index contributed by atoms with van der Waals surface area (Å²) in [5.74, 6) is 0.798. The highest BCUT2D eigenvalue weighted by Gasteiger charge is 2.31. The average molecular weight is 285 g/mol. The van der Waals surface area contributed by atoms with E-state index in [2.05, 4.69) is 26.9 Å². The van der Waals surface area contributed by atoms with Gasteiger partial charge in [-0.3, -0.25) is 4.90 Å². The monoisotopic (exact) mass is 285 g/mol. The Morgan fingerprint density at radius 1 is 1.10 bits per heavy atom. The van der Waals surface area contributed by atoms with Crippen LogP contribution in [0.15, 0.2) is 24.3 Å². The Bertz CT molecular complexity index is 673. The Labute approximate surface area is 124 Å². The zero-order valence-electron chi connectivity index (χ0n) is 12.3. The van der Waals surface area contributed by atoms with Crippen LogP contribution in [0.2, 0.25) is 0 Å². The summed E-state index contributed by atoms with van der Waals surface area (Å²) in [6.07, 6.45) is 2.74. The zero-order valence-corrected chi connectivity index (χ0v) is 12.3. The Balaban J connectivity index is 1.57. The van der Waals surface area contributed by atoms with Crippen LogP contribution in [0.25, 0.3) is 10.9 Å². The first-order chi connectivity index (χ1) is 10.2. The fraction of sp³-hybridized carbons (Fsp3) is 0.471. The molecule has 0 N–H and O–H groups in total. The molecule has 2 fully saturated rings. The number of fused-ring (bicyclic) bond motifs is 1. The molecule has 0 unspecified atom stereocenters. The summed E-state index contributed by atoms with van der Waals surface area (Å²) in [6.45, 7) is 6.06. The number of aromatic nitrogens is 1. The van der Waals surface area contributed by atoms with Crippen molar-refractivity contribution in [3.8, 4) is 0 Å². The SMILES string of the molecule is Cc1cc2ccc(N3CCN(C4CC4)CC3)nc2cc1F. The van der Waals surface area contributed by atoms with Gasteiger partial charge in [-0.2, -0.15) is 0 Å². The molecule has 3 nitrogen and oxygen atoms in total. The Morgan fingerprint density at radius 3 is 2.57 bits per heavy atom. The van der Waals surface area contributed by atoms with Crippen LogP contribution >= 0.6 is 0 Å². The minimum atomic E-state index is -0.175. The summed E-state index contributed by atoms with van der Waals surface area (Å²) in [5.41, 5.74) is 1.43. The van der Waals surface area contributed by atoms with E-state index < -0.39 is 0 Å². The lowest BCUT2D eigenvalue weighted by Crippen LogP contribution is -2.47. The van der Waals surface area contributed by atoms with Gasteiger partial charge in [0.15, 0.2) is 0 Å². The number of hydrogen-bond acceptors (Lipinski definition) is 3. The third kappa shape index (κ3) is 2.48. The molecule has 0 spiro atoms. The molecule has 4 rings (SSSR count). The third-order valence-electron chi connectivity index (χ3n) is 4.66. The molecule has 1 aromatic heterocycles. The second-order valence-electron chi connectivity index (χ2n) is 6.22. The fourth-order valence-electron chi connectivity index (χ4n) is 3.18. The molecule has 110 valence electrons. The molecule has 21 heavy (non-hydrogen) atoms. The summed E-state index contributed by atoms with van der Waals surface area (Å²) in [5, 5.41) is 1.01. The van der Waals surface area contributed by atoms with E-state index in [1.54, 1.807) is 13.0 Å². The summed E-state index contributed by atoms with van der Waals surface area (Å²) < 4.78 is 13.7. The van der Waals surface area contributed by atoms with Crippen molar-refractivity contribution in [2.45, 2.75) is 25.8 Å². The standard InChI is InChI=1S/C17H20FN3/c1-12-10-13-2-5-17(19-16(13)11-15(12)18)21-8-6-20(7-9-21)14-3-4-14/h2,5,10-11,14H,3-4,6-9H2,1H3. The van der Waals surface area contributed by atoms with Gasteiger partial charge in [0.25, 0.3) is 0 Å². The lowest BCUT2D eigenvalue weighted by atomic mass is 10.1. The van der Waals surface area contributed by atoms with E-state index in [1.807, 2.05) is 6.07 Å². The van der Waals surface area contributed by atoms with Crippen LogP contribution < -0.4 is 4.90 Å². The molecule has 2 heterocycles. The summed E-state index contributed by atoms with van der Waals surface area (Å²) in [4.78, 5) is 9.55. The van der Waals surface area contributed by atoms with Gasteiger partial charge in [0.1, 0.15) is 11.6 Å². The van der Waals surface area contributed by atoms with Crippen molar-refractivity contribution in [2.24, 2.45) is 0 Å². The number of rotatable bonds is 2. The van der Waals surface area contributed by atoms with E-state index in [4.69, 9.17) is 0 Å². The zero-order chi connectivity index (χ0) is 14.4. The van der Waals surface area contributed by atoms with E-state index >= 15 is 0 Å². The number of anilines is 1. The number of hydrogen-bond donors (Lipinski definition) is 0. The molecule has 1 saturated carbocycles. The number of halogens is 1. The maximum Gasteiger partial charge on any atom is 0.129 e. The van der Waals surface area contributed by atoms with Gasteiger partial charge in [-0.25, -0.2) is 9.37 Å². The van der Waals surface area contributed by atoms with Crippen molar-refractivity contribution >= 4 is 16.7 Å². The average Bonchev–Trinajstić information content (AvgIpc) is 3.33. The molecule has 1 aliphatic carbocycles. The molecule has 0 bridgehead atoms. The molecular formula is C17H20FN3. The lowest BCUT2D eigenvalue weighted by Gasteiger charge is -2.35. The molecule has 4 heteroatoms. The molecule has 0 atom stereocenters. The van der Waals surface area contributed by atoms with E-state index in [1.165, 1.54) is 12.8 Å². The summed E-state index contributed by atoms with van der Waals surface area (Å²) in [7, 11) is 0. The van der Waals surface area contributed by atoms with Crippen molar-refractivity contribution in [2.75, 3.05) is 31.1 Å². The molecule has 2 aromatic rings. The van der Waals surface area contributed by atoms with Gasteiger partial charge in [0.2, 0.25) is 0 Å². The maximum absolute atomic E-state index is 13.7. The van der Waals surface area contributed by atoms with Gasteiger partial charge < -0.3 is 4.90 Å². The minimum Gasteiger partial charge on any atom is -0.354 e. The molecule has 1 aromatic carbocycles. The minimum absolute atomic E-state index is 0.175. The molecular weight excluding hydrogens is 265 g/mol. The number of aryl methyl sites for hydroxylation is 1. The van der Waals surface area contributed by atoms with Crippen molar-refractivity contribution in [1.82, 2.24) is 9.88 Å². The van der Waals surface area contributed by atoms with Crippen LogP contribution in [0.5, 0.6) is 0 Å². The van der Waals surface area contributed by atoms with Gasteiger partial charge in [-0.15, -0.1) is 0 Å². The first kappa shape index (κ1) is 13.0. The van der Waals surface area contributed by atoms with Crippen molar-refractivity contribution in [1.29, 1.82) is 0 Å². The van der Waals surface area contributed by atoms with Crippen LogP contribution in [0.1, 0.15) is 18.4 Å². The van der Waals surface area contributed by atoms with Crippen LogP contribution in [0, 0.1) is 12.7 Å². The van der Waals surface area contributed by atoms with Crippen LogP contribution in [-0.2, 0) is 0 Å². The van der Waals surface area contributed by atoms with E-state index in [0.717, 1.165) is 48.9 Å². The fourth-order valence-corrected chi connectivity index (χ4v) is 3.18. The quantitative estimate of drug-likeness (QED) is 0.845. The largest absolute Gasteiger partial charge is 0.354 e. The lowest BCUT2D eigenvalue weighted by molar-refractivity contribution is 0.247. The Kier molecular flexibility index (Phi) is 3.07. The second kappa shape index (κ2) is 4.95. The van der Waals surface area contributed by atoms with E-state index in [-0.39, 0.29) is 5.82 Å².